The van der Waals surface area contributed by atoms with Crippen LogP contribution in [0.3, 0.4) is 0 Å². The minimum absolute atomic E-state index is 0.0412. The van der Waals surface area contributed by atoms with Gasteiger partial charge in [0.2, 0.25) is 5.91 Å². The van der Waals surface area contributed by atoms with E-state index in [1.54, 1.807) is 36.1 Å². The Morgan fingerprint density at radius 2 is 2.00 bits per heavy atom. The number of esters is 1. The molecule has 1 aromatic heterocycles. The van der Waals surface area contributed by atoms with Gasteiger partial charge in [-0.1, -0.05) is 24.3 Å². The maximum Gasteiger partial charge on any atom is 0.338 e. The first kappa shape index (κ1) is 19.7. The third-order valence-electron chi connectivity index (χ3n) is 5.05. The molecule has 1 atom stereocenters. The number of amides is 2. The van der Waals surface area contributed by atoms with E-state index in [-0.39, 0.29) is 11.9 Å². The minimum Gasteiger partial charge on any atom is -0.459 e. The highest BCUT2D eigenvalue weighted by Gasteiger charge is 2.23. The Bertz CT molecular complexity index is 1070. The van der Waals surface area contributed by atoms with Crippen molar-refractivity contribution in [3.05, 3.63) is 65.9 Å². The Morgan fingerprint density at radius 3 is 2.77 bits per heavy atom. The van der Waals surface area contributed by atoms with Crippen molar-refractivity contribution < 1.29 is 23.5 Å². The number of furan rings is 1. The van der Waals surface area contributed by atoms with E-state index in [4.69, 9.17) is 9.15 Å². The smallest absolute Gasteiger partial charge is 0.338 e. The molecular weight excluding hydrogens is 384 g/mol. The highest BCUT2D eigenvalue weighted by molar-refractivity contribution is 5.97. The van der Waals surface area contributed by atoms with Crippen molar-refractivity contribution in [2.75, 3.05) is 18.1 Å². The van der Waals surface area contributed by atoms with Crippen LogP contribution in [0.2, 0.25) is 0 Å². The molecule has 0 aliphatic carbocycles. The van der Waals surface area contributed by atoms with Gasteiger partial charge in [-0.05, 0) is 43.7 Å². The number of nitrogens with one attached hydrogen (secondary N) is 1. The van der Waals surface area contributed by atoms with Crippen LogP contribution in [0.15, 0.2) is 59.0 Å². The topological polar surface area (TPSA) is 88.9 Å². The molecule has 0 bridgehead atoms. The first-order chi connectivity index (χ1) is 14.5. The van der Waals surface area contributed by atoms with Crippen molar-refractivity contribution in [3.8, 4) is 0 Å². The Hall–Kier alpha value is -3.61. The number of hydrogen-bond donors (Lipinski definition) is 1. The van der Waals surface area contributed by atoms with Gasteiger partial charge in [0, 0.05) is 24.0 Å². The summed E-state index contributed by atoms with van der Waals surface area (Å²) in [7, 11) is 0. The zero-order chi connectivity index (χ0) is 21.1. The first-order valence-corrected chi connectivity index (χ1v) is 9.86. The van der Waals surface area contributed by atoms with Crippen LogP contribution in [0, 0.1) is 0 Å². The standard InChI is InChI=1S/C23H22N2O5/c1-15(20-13-16-6-2-3-9-19(16)30-20)24-21(26)14-29-23(28)17-7-4-8-18(12-17)25-11-5-10-22(25)27/h2-4,6-9,12-13,15H,5,10-11,14H2,1H3,(H,24,26)/t15-/m1/s1. The van der Waals surface area contributed by atoms with Gasteiger partial charge < -0.3 is 19.4 Å². The second-order valence-corrected chi connectivity index (χ2v) is 7.25. The molecule has 2 heterocycles. The van der Waals surface area contributed by atoms with Crippen molar-refractivity contribution in [1.29, 1.82) is 0 Å². The number of benzene rings is 2. The van der Waals surface area contributed by atoms with E-state index >= 15 is 0 Å². The fourth-order valence-corrected chi connectivity index (χ4v) is 3.51. The van der Waals surface area contributed by atoms with E-state index in [9.17, 15) is 14.4 Å². The van der Waals surface area contributed by atoms with Crippen LogP contribution in [0.25, 0.3) is 11.0 Å². The molecular formula is C23H22N2O5. The number of nitrogens with zero attached hydrogens (tertiary/aromatic N) is 1. The zero-order valence-electron chi connectivity index (χ0n) is 16.6. The molecule has 0 saturated carbocycles. The summed E-state index contributed by atoms with van der Waals surface area (Å²) < 4.78 is 10.9. The molecule has 1 aliphatic heterocycles. The molecule has 0 spiro atoms. The lowest BCUT2D eigenvalue weighted by atomic mass is 10.2. The predicted octanol–water partition coefficient (Wildman–Crippen LogP) is 3.59. The van der Waals surface area contributed by atoms with Crippen molar-refractivity contribution in [2.24, 2.45) is 0 Å². The highest BCUT2D eigenvalue weighted by Crippen LogP contribution is 2.24. The van der Waals surface area contributed by atoms with Crippen LogP contribution in [0.1, 0.15) is 41.9 Å². The fraction of sp³-hybridized carbons (Fsp3) is 0.261. The molecule has 1 saturated heterocycles. The summed E-state index contributed by atoms with van der Waals surface area (Å²) in [4.78, 5) is 38.1. The van der Waals surface area contributed by atoms with Gasteiger partial charge in [-0.25, -0.2) is 4.79 Å². The molecule has 0 unspecified atom stereocenters. The molecule has 7 nitrogen and oxygen atoms in total. The molecule has 7 heteroatoms. The number of ether oxygens (including phenoxy) is 1. The van der Waals surface area contributed by atoms with Gasteiger partial charge in [-0.2, -0.15) is 0 Å². The predicted molar refractivity (Wildman–Crippen MR) is 111 cm³/mol. The fourth-order valence-electron chi connectivity index (χ4n) is 3.51. The molecule has 3 aromatic rings. The summed E-state index contributed by atoms with van der Waals surface area (Å²) >= 11 is 0. The van der Waals surface area contributed by atoms with Gasteiger partial charge >= 0.3 is 5.97 Å². The largest absolute Gasteiger partial charge is 0.459 e. The molecule has 1 aliphatic rings. The number of carbonyl (C=O) groups is 3. The molecule has 4 rings (SSSR count). The Morgan fingerprint density at radius 1 is 1.17 bits per heavy atom. The number of para-hydroxylation sites is 1. The molecule has 30 heavy (non-hydrogen) atoms. The van der Waals surface area contributed by atoms with Gasteiger partial charge in [-0.3, -0.25) is 9.59 Å². The number of hydrogen-bond acceptors (Lipinski definition) is 5. The summed E-state index contributed by atoms with van der Waals surface area (Å²) in [6.07, 6.45) is 1.31. The van der Waals surface area contributed by atoms with Crippen molar-refractivity contribution in [1.82, 2.24) is 5.32 Å². The lowest BCUT2D eigenvalue weighted by Crippen LogP contribution is -2.31. The lowest BCUT2D eigenvalue weighted by molar-refractivity contribution is -0.125. The molecule has 154 valence electrons. The van der Waals surface area contributed by atoms with Crippen molar-refractivity contribution in [2.45, 2.75) is 25.8 Å². The van der Waals surface area contributed by atoms with Gasteiger partial charge in [-0.15, -0.1) is 0 Å². The number of carbonyl (C=O) groups excluding carboxylic acids is 3. The molecule has 2 aromatic carbocycles. The number of fused-ring (bicyclic) bond motifs is 1. The van der Waals surface area contributed by atoms with Gasteiger partial charge in [0.05, 0.1) is 11.6 Å². The zero-order valence-corrected chi connectivity index (χ0v) is 16.6. The van der Waals surface area contributed by atoms with E-state index < -0.39 is 18.5 Å². The quantitative estimate of drug-likeness (QED) is 0.632. The number of rotatable bonds is 6. The molecule has 1 fully saturated rings. The third kappa shape index (κ3) is 4.20. The van der Waals surface area contributed by atoms with Crippen LogP contribution < -0.4 is 10.2 Å². The average molecular weight is 406 g/mol. The van der Waals surface area contributed by atoms with E-state index in [2.05, 4.69) is 5.32 Å². The molecule has 0 radical (unpaired) electrons. The van der Waals surface area contributed by atoms with Crippen LogP contribution in [0.5, 0.6) is 0 Å². The molecule has 1 N–H and O–H groups in total. The lowest BCUT2D eigenvalue weighted by Gasteiger charge is -2.16. The maximum absolute atomic E-state index is 12.3. The van der Waals surface area contributed by atoms with Crippen LogP contribution in [-0.4, -0.2) is 30.9 Å². The summed E-state index contributed by atoms with van der Waals surface area (Å²) in [6.45, 7) is 2.03. The van der Waals surface area contributed by atoms with E-state index in [1.807, 2.05) is 30.3 Å². The maximum atomic E-state index is 12.3. The number of anilines is 1. The van der Waals surface area contributed by atoms with E-state index in [0.717, 1.165) is 17.4 Å². The SMILES string of the molecule is C[C@@H](NC(=O)COC(=O)c1cccc(N2CCCC2=O)c1)c1cc2ccccc2o1. The second kappa shape index (κ2) is 8.41. The highest BCUT2D eigenvalue weighted by atomic mass is 16.5. The third-order valence-corrected chi connectivity index (χ3v) is 5.05. The van der Waals surface area contributed by atoms with Crippen LogP contribution in [0.4, 0.5) is 5.69 Å². The molecule has 2 amide bonds. The van der Waals surface area contributed by atoms with Gasteiger partial charge in [0.15, 0.2) is 6.61 Å². The first-order valence-electron chi connectivity index (χ1n) is 9.86. The van der Waals surface area contributed by atoms with Crippen LogP contribution >= 0.6 is 0 Å². The van der Waals surface area contributed by atoms with Gasteiger partial charge in [0.1, 0.15) is 11.3 Å². The Kier molecular flexibility index (Phi) is 5.52. The Balaban J connectivity index is 1.33. The summed E-state index contributed by atoms with van der Waals surface area (Å²) in [6, 6.07) is 15.8. The van der Waals surface area contributed by atoms with Gasteiger partial charge in [0.25, 0.3) is 5.91 Å². The summed E-state index contributed by atoms with van der Waals surface area (Å²) in [5, 5.41) is 3.72. The van der Waals surface area contributed by atoms with Crippen LogP contribution in [-0.2, 0) is 14.3 Å². The summed E-state index contributed by atoms with van der Waals surface area (Å²) in [5.74, 6) is -0.379. The van der Waals surface area contributed by atoms with Crippen molar-refractivity contribution in [3.63, 3.8) is 0 Å². The normalized spacial score (nSPS) is 14.7. The average Bonchev–Trinajstić information content (AvgIpc) is 3.38. The summed E-state index contributed by atoms with van der Waals surface area (Å²) in [5.41, 5.74) is 1.71. The minimum atomic E-state index is -0.616. The van der Waals surface area contributed by atoms with E-state index in [0.29, 0.717) is 30.0 Å². The van der Waals surface area contributed by atoms with Crippen molar-refractivity contribution >= 4 is 34.4 Å². The van der Waals surface area contributed by atoms with E-state index in [1.165, 1.54) is 0 Å². The monoisotopic (exact) mass is 406 g/mol. The Labute approximate surface area is 173 Å². The second-order valence-electron chi connectivity index (χ2n) is 7.25.